The van der Waals surface area contributed by atoms with Gasteiger partial charge in [0.1, 0.15) is 0 Å². The van der Waals surface area contributed by atoms with E-state index < -0.39 is 0 Å². The molecule has 0 fully saturated rings. The second-order valence-electron chi connectivity index (χ2n) is 4.64. The normalized spacial score (nSPS) is 8.26. The summed E-state index contributed by atoms with van der Waals surface area (Å²) in [5.74, 6) is 0. The zero-order chi connectivity index (χ0) is 17.3. The van der Waals surface area contributed by atoms with Gasteiger partial charge in [0, 0.05) is 0 Å². The van der Waals surface area contributed by atoms with Crippen molar-refractivity contribution >= 4 is 13.2 Å². The number of benzene rings is 3. The van der Waals surface area contributed by atoms with Gasteiger partial charge in [-0.05, 0) is 0 Å². The van der Waals surface area contributed by atoms with Crippen molar-refractivity contribution in [2.24, 2.45) is 0 Å². The van der Waals surface area contributed by atoms with Crippen LogP contribution in [0, 0.1) is 39.0 Å². The Kier molecular flexibility index (Phi) is 15.0. The van der Waals surface area contributed by atoms with Gasteiger partial charge in [0.15, 0.2) is 0 Å². The molecule has 0 saturated heterocycles. The maximum atomic E-state index is 3.03. The second-order valence-corrected chi connectivity index (χ2v) is 4.64. The molecule has 0 saturated carbocycles. The summed E-state index contributed by atoms with van der Waals surface area (Å²) < 4.78 is 0. The molecule has 3 rings (SSSR count). The molecule has 0 atom stereocenters. The SMILES string of the molecule is Cc1[c-]cccc1.Cc1[c-]cccc1.Cc1[c-]cccc1.[Ti+3][Br]. The molecule has 116 valence electrons. The second kappa shape index (κ2) is 15.7. The number of aryl methyl sites for hydroxylation is 3. The molecular formula is C21H21BrTi. The van der Waals surface area contributed by atoms with E-state index in [-0.39, 0.29) is 0 Å². The van der Waals surface area contributed by atoms with Gasteiger partial charge in [-0.25, -0.2) is 0 Å². The molecule has 0 aliphatic carbocycles. The summed E-state index contributed by atoms with van der Waals surface area (Å²) in [6.45, 7) is 6.08. The first-order valence-electron chi connectivity index (χ1n) is 7.17. The zero-order valence-corrected chi connectivity index (χ0v) is 17.0. The Morgan fingerprint density at radius 3 is 0.913 bits per heavy atom. The van der Waals surface area contributed by atoms with Crippen molar-refractivity contribution in [1.29, 1.82) is 0 Å². The Morgan fingerprint density at radius 2 is 0.826 bits per heavy atom. The topological polar surface area (TPSA) is 0 Å². The van der Waals surface area contributed by atoms with E-state index in [4.69, 9.17) is 0 Å². The average Bonchev–Trinajstić information content (AvgIpc) is 2.60. The Balaban J connectivity index is 0.000000299. The number of rotatable bonds is 0. The molecule has 0 aromatic heterocycles. The van der Waals surface area contributed by atoms with Gasteiger partial charge in [-0.1, -0.05) is 20.8 Å². The molecular weight excluding hydrogens is 380 g/mol. The summed E-state index contributed by atoms with van der Waals surface area (Å²) in [7, 11) is 0. The van der Waals surface area contributed by atoms with Crippen LogP contribution in [0.3, 0.4) is 0 Å². The van der Waals surface area contributed by atoms with Crippen LogP contribution >= 0.6 is 13.2 Å². The number of halogens is 1. The van der Waals surface area contributed by atoms with E-state index >= 15 is 0 Å². The van der Waals surface area contributed by atoms with Gasteiger partial charge in [0.25, 0.3) is 0 Å². The molecule has 0 N–H and O–H groups in total. The first-order chi connectivity index (χ1) is 11.2. The first-order valence-corrected chi connectivity index (χ1v) is 11.0. The van der Waals surface area contributed by atoms with Gasteiger partial charge in [-0.2, -0.15) is 108 Å². The van der Waals surface area contributed by atoms with E-state index in [0.29, 0.717) is 0 Å². The molecule has 0 bridgehead atoms. The van der Waals surface area contributed by atoms with E-state index in [0.717, 1.165) is 0 Å². The van der Waals surface area contributed by atoms with Crippen LogP contribution in [0.2, 0.25) is 0 Å². The summed E-state index contributed by atoms with van der Waals surface area (Å²) in [6.07, 6.45) is 0. The van der Waals surface area contributed by atoms with Gasteiger partial charge in [0.2, 0.25) is 0 Å². The van der Waals surface area contributed by atoms with Gasteiger partial charge in [0.05, 0.1) is 0 Å². The Bertz CT molecular complexity index is 491. The third kappa shape index (κ3) is 14.2. The summed E-state index contributed by atoms with van der Waals surface area (Å²) in [5, 5.41) is 0. The van der Waals surface area contributed by atoms with Crippen LogP contribution in [0.5, 0.6) is 0 Å². The van der Waals surface area contributed by atoms with Gasteiger partial charge in [-0.15, -0.1) is 0 Å². The summed E-state index contributed by atoms with van der Waals surface area (Å²) in [6, 6.07) is 32.8. The first kappa shape index (κ1) is 21.9. The van der Waals surface area contributed by atoms with E-state index in [1.807, 2.05) is 112 Å². The van der Waals surface area contributed by atoms with E-state index in [2.05, 4.69) is 31.4 Å². The van der Waals surface area contributed by atoms with Crippen molar-refractivity contribution in [3.63, 3.8) is 0 Å². The molecule has 2 heteroatoms. The molecule has 3 aromatic carbocycles. The molecule has 0 radical (unpaired) electrons. The average molecular weight is 401 g/mol. The predicted molar refractivity (Wildman–Crippen MR) is 99.0 cm³/mol. The fourth-order valence-electron chi connectivity index (χ4n) is 1.45. The Labute approximate surface area is 159 Å². The third-order valence-corrected chi connectivity index (χ3v) is 2.59. The van der Waals surface area contributed by atoms with Crippen LogP contribution in [-0.4, -0.2) is 0 Å². The van der Waals surface area contributed by atoms with Gasteiger partial charge in [-0.3, -0.25) is 0 Å². The molecule has 0 aliphatic rings. The Morgan fingerprint density at radius 1 is 0.565 bits per heavy atom. The summed E-state index contributed by atoms with van der Waals surface area (Å²) >= 11 is 4.75. The Hall–Kier alpha value is -1.15. The van der Waals surface area contributed by atoms with Crippen molar-refractivity contribution in [3.8, 4) is 0 Å². The van der Waals surface area contributed by atoms with Crippen LogP contribution in [0.25, 0.3) is 0 Å². The maximum absolute atomic E-state index is 3.03. The fraction of sp³-hybridized carbons (Fsp3) is 0.143. The standard InChI is InChI=1S/3C7H7.BrH.Ti/c3*1-7-5-3-2-4-6-7;;/h3*2-5H,1H3;1H;/q3*-1;;+4/p-1. The van der Waals surface area contributed by atoms with Crippen molar-refractivity contribution in [2.75, 3.05) is 0 Å². The van der Waals surface area contributed by atoms with E-state index in [1.165, 1.54) is 16.7 Å². The van der Waals surface area contributed by atoms with Crippen LogP contribution in [0.1, 0.15) is 16.7 Å². The van der Waals surface area contributed by atoms with Crippen LogP contribution in [0.4, 0.5) is 0 Å². The summed E-state index contributed by atoms with van der Waals surface area (Å²) in [4.78, 5) is 0. The molecule has 0 unspecified atom stereocenters. The molecule has 0 spiro atoms. The van der Waals surface area contributed by atoms with E-state index in [1.54, 1.807) is 0 Å². The molecule has 23 heavy (non-hydrogen) atoms. The molecule has 0 nitrogen and oxygen atoms in total. The summed E-state index contributed by atoms with van der Waals surface area (Å²) in [5.41, 5.74) is 3.59. The predicted octanol–water partition coefficient (Wildman–Crippen LogP) is 6.23. The molecule has 0 heterocycles. The van der Waals surface area contributed by atoms with Crippen molar-refractivity contribution in [2.45, 2.75) is 20.8 Å². The molecule has 0 aliphatic heterocycles. The quantitative estimate of drug-likeness (QED) is 0.310. The van der Waals surface area contributed by atoms with Crippen LogP contribution < -0.4 is 0 Å². The zero-order valence-electron chi connectivity index (χ0n) is 13.8. The number of hydrogen-bond acceptors (Lipinski definition) is 0. The van der Waals surface area contributed by atoms with Crippen LogP contribution in [0.15, 0.2) is 72.8 Å². The molecule has 0 amide bonds. The minimum absolute atomic E-state index is 1.20. The fourth-order valence-corrected chi connectivity index (χ4v) is 1.45. The molecule has 3 aromatic rings. The van der Waals surface area contributed by atoms with Gasteiger partial charge >= 0.3 is 31.5 Å². The van der Waals surface area contributed by atoms with Crippen molar-refractivity contribution < 1.29 is 18.3 Å². The van der Waals surface area contributed by atoms with Gasteiger partial charge < -0.3 is 0 Å². The van der Waals surface area contributed by atoms with E-state index in [9.17, 15) is 0 Å². The van der Waals surface area contributed by atoms with Crippen LogP contribution in [-0.2, 0) is 18.3 Å². The van der Waals surface area contributed by atoms with Crippen molar-refractivity contribution in [1.82, 2.24) is 0 Å². The minimum atomic E-state index is 1.20. The number of hydrogen-bond donors (Lipinski definition) is 0. The van der Waals surface area contributed by atoms with Crippen molar-refractivity contribution in [3.05, 3.63) is 108 Å². The monoisotopic (exact) mass is 400 g/mol. The third-order valence-electron chi connectivity index (χ3n) is 2.59.